The summed E-state index contributed by atoms with van der Waals surface area (Å²) in [5.74, 6) is 5.40. The van der Waals surface area contributed by atoms with E-state index >= 15 is 0 Å². The van der Waals surface area contributed by atoms with Gasteiger partial charge in [-0.1, -0.05) is 0 Å². The first-order valence-electron chi connectivity index (χ1n) is 4.30. The molecule has 0 aliphatic carbocycles. The first-order valence-corrected chi connectivity index (χ1v) is 4.30. The van der Waals surface area contributed by atoms with Gasteiger partial charge in [-0.2, -0.15) is 5.10 Å². The maximum atomic E-state index is 5.40. The highest BCUT2D eigenvalue weighted by Crippen LogP contribution is 2.11. The normalized spacial score (nSPS) is 13.2. The minimum Gasteiger partial charge on any atom is -0.383 e. The van der Waals surface area contributed by atoms with Crippen LogP contribution in [0.4, 0.5) is 0 Å². The molecule has 1 aromatic heterocycles. The van der Waals surface area contributed by atoms with Gasteiger partial charge in [-0.05, 0) is 13.0 Å². The molecule has 13 heavy (non-hydrogen) atoms. The van der Waals surface area contributed by atoms with Crippen LogP contribution in [0.5, 0.6) is 0 Å². The maximum absolute atomic E-state index is 5.40. The first-order chi connectivity index (χ1) is 6.33. The van der Waals surface area contributed by atoms with Gasteiger partial charge in [0.05, 0.1) is 18.3 Å². The largest absolute Gasteiger partial charge is 0.383 e. The molecule has 1 rings (SSSR count). The van der Waals surface area contributed by atoms with Crippen LogP contribution in [0.3, 0.4) is 0 Å². The molecule has 1 heterocycles. The monoisotopic (exact) mass is 184 g/mol. The van der Waals surface area contributed by atoms with E-state index in [0.717, 1.165) is 12.2 Å². The second-order valence-electron chi connectivity index (χ2n) is 2.75. The van der Waals surface area contributed by atoms with Crippen LogP contribution in [0.2, 0.25) is 0 Å². The molecule has 0 saturated carbocycles. The van der Waals surface area contributed by atoms with Crippen LogP contribution in [0, 0.1) is 0 Å². The van der Waals surface area contributed by atoms with Crippen molar-refractivity contribution in [1.29, 1.82) is 0 Å². The predicted molar refractivity (Wildman–Crippen MR) is 49.8 cm³/mol. The van der Waals surface area contributed by atoms with Gasteiger partial charge >= 0.3 is 0 Å². The number of aromatic nitrogens is 2. The Hall–Kier alpha value is -0.910. The molecule has 5 nitrogen and oxygen atoms in total. The van der Waals surface area contributed by atoms with E-state index in [4.69, 9.17) is 10.6 Å². The fourth-order valence-corrected chi connectivity index (χ4v) is 1.29. The Balaban J connectivity index is 2.77. The molecule has 0 amide bonds. The smallest absolute Gasteiger partial charge is 0.0862 e. The molecule has 0 spiro atoms. The van der Waals surface area contributed by atoms with Crippen LogP contribution in [-0.2, 0) is 11.3 Å². The Labute approximate surface area is 77.8 Å². The van der Waals surface area contributed by atoms with Crippen molar-refractivity contribution in [3.8, 4) is 0 Å². The third-order valence-corrected chi connectivity index (χ3v) is 1.94. The highest BCUT2D eigenvalue weighted by atomic mass is 16.5. The summed E-state index contributed by atoms with van der Waals surface area (Å²) in [7, 11) is 1.65. The average molecular weight is 184 g/mol. The van der Waals surface area contributed by atoms with Gasteiger partial charge in [0.1, 0.15) is 0 Å². The van der Waals surface area contributed by atoms with E-state index in [1.807, 2.05) is 17.7 Å². The molecular formula is C8H16N4O. The number of methoxy groups -OCH3 is 1. The maximum Gasteiger partial charge on any atom is 0.0862 e. The molecule has 0 aromatic carbocycles. The van der Waals surface area contributed by atoms with Crippen LogP contribution in [-0.4, -0.2) is 23.5 Å². The number of aryl methyl sites for hydroxylation is 1. The Morgan fingerprint density at radius 2 is 2.54 bits per heavy atom. The molecule has 0 fully saturated rings. The zero-order chi connectivity index (χ0) is 9.68. The predicted octanol–water partition coefficient (Wildman–Crippen LogP) is 0.0538. The van der Waals surface area contributed by atoms with E-state index in [2.05, 4.69) is 10.5 Å². The number of nitrogens with two attached hydrogens (primary N) is 1. The SMILES string of the molecule is CCn1nccc1C(COC)NN. The van der Waals surface area contributed by atoms with E-state index in [1.54, 1.807) is 13.3 Å². The summed E-state index contributed by atoms with van der Waals surface area (Å²) >= 11 is 0. The van der Waals surface area contributed by atoms with E-state index in [9.17, 15) is 0 Å². The number of hydrazine groups is 1. The topological polar surface area (TPSA) is 65.1 Å². The Morgan fingerprint density at radius 3 is 3.08 bits per heavy atom. The summed E-state index contributed by atoms with van der Waals surface area (Å²) < 4.78 is 6.93. The summed E-state index contributed by atoms with van der Waals surface area (Å²) in [5, 5.41) is 4.15. The van der Waals surface area contributed by atoms with Crippen LogP contribution >= 0.6 is 0 Å². The van der Waals surface area contributed by atoms with Crippen molar-refractivity contribution in [3.05, 3.63) is 18.0 Å². The number of ether oxygens (including phenoxy) is 1. The fourth-order valence-electron chi connectivity index (χ4n) is 1.29. The summed E-state index contributed by atoms with van der Waals surface area (Å²) in [6.45, 7) is 3.42. The Morgan fingerprint density at radius 1 is 1.77 bits per heavy atom. The molecule has 1 unspecified atom stereocenters. The fraction of sp³-hybridized carbons (Fsp3) is 0.625. The molecule has 1 atom stereocenters. The lowest BCUT2D eigenvalue weighted by atomic mass is 10.2. The molecule has 5 heteroatoms. The van der Waals surface area contributed by atoms with Crippen molar-refractivity contribution in [2.75, 3.05) is 13.7 Å². The highest BCUT2D eigenvalue weighted by Gasteiger charge is 2.13. The average Bonchev–Trinajstić information content (AvgIpc) is 2.61. The van der Waals surface area contributed by atoms with Gasteiger partial charge in [-0.15, -0.1) is 0 Å². The van der Waals surface area contributed by atoms with Crippen molar-refractivity contribution >= 4 is 0 Å². The van der Waals surface area contributed by atoms with Gasteiger partial charge in [0.15, 0.2) is 0 Å². The number of hydrogen-bond donors (Lipinski definition) is 2. The Bertz CT molecular complexity index is 248. The third-order valence-electron chi connectivity index (χ3n) is 1.94. The number of nitrogens with one attached hydrogen (secondary N) is 1. The molecule has 3 N–H and O–H groups in total. The summed E-state index contributed by atoms with van der Waals surface area (Å²) in [4.78, 5) is 0. The van der Waals surface area contributed by atoms with Crippen molar-refractivity contribution in [2.24, 2.45) is 5.84 Å². The van der Waals surface area contributed by atoms with Crippen LogP contribution in [0.15, 0.2) is 12.3 Å². The minimum absolute atomic E-state index is 0.00690. The van der Waals surface area contributed by atoms with Crippen molar-refractivity contribution in [1.82, 2.24) is 15.2 Å². The molecule has 74 valence electrons. The van der Waals surface area contributed by atoms with Gasteiger partial charge in [0.2, 0.25) is 0 Å². The second kappa shape index (κ2) is 4.96. The third kappa shape index (κ3) is 2.27. The number of hydrogen-bond acceptors (Lipinski definition) is 4. The van der Waals surface area contributed by atoms with Crippen molar-refractivity contribution in [3.63, 3.8) is 0 Å². The van der Waals surface area contributed by atoms with Gasteiger partial charge in [-0.25, -0.2) is 5.43 Å². The standard InChI is InChI=1S/C8H16N4O/c1-3-12-8(4-5-10-12)7(11-9)6-13-2/h4-5,7,11H,3,6,9H2,1-2H3. The second-order valence-corrected chi connectivity index (χ2v) is 2.75. The van der Waals surface area contributed by atoms with Gasteiger partial charge in [0.25, 0.3) is 0 Å². The lowest BCUT2D eigenvalue weighted by Crippen LogP contribution is -2.32. The molecule has 0 bridgehead atoms. The molecule has 0 saturated heterocycles. The minimum atomic E-state index is 0.00690. The van der Waals surface area contributed by atoms with Gasteiger partial charge in [-0.3, -0.25) is 10.5 Å². The number of nitrogens with zero attached hydrogens (tertiary/aromatic N) is 2. The molecule has 0 radical (unpaired) electrons. The molecular weight excluding hydrogens is 168 g/mol. The summed E-state index contributed by atoms with van der Waals surface area (Å²) in [5.41, 5.74) is 3.74. The van der Waals surface area contributed by atoms with Gasteiger partial charge in [0, 0.05) is 19.9 Å². The summed E-state index contributed by atoms with van der Waals surface area (Å²) in [6.07, 6.45) is 1.76. The van der Waals surface area contributed by atoms with E-state index in [1.165, 1.54) is 0 Å². The highest BCUT2D eigenvalue weighted by molar-refractivity contribution is 5.06. The zero-order valence-electron chi connectivity index (χ0n) is 8.03. The molecule has 0 aliphatic rings. The first kappa shape index (κ1) is 10.2. The summed E-state index contributed by atoms with van der Waals surface area (Å²) in [6, 6.07) is 1.94. The van der Waals surface area contributed by atoms with Crippen molar-refractivity contribution in [2.45, 2.75) is 19.5 Å². The van der Waals surface area contributed by atoms with Gasteiger partial charge < -0.3 is 4.74 Å². The van der Waals surface area contributed by atoms with Crippen molar-refractivity contribution < 1.29 is 4.74 Å². The van der Waals surface area contributed by atoms with E-state index in [0.29, 0.717) is 6.61 Å². The van der Waals surface area contributed by atoms with Crippen LogP contribution < -0.4 is 11.3 Å². The Kier molecular flexibility index (Phi) is 3.88. The van der Waals surface area contributed by atoms with E-state index < -0.39 is 0 Å². The molecule has 0 aliphatic heterocycles. The van der Waals surface area contributed by atoms with E-state index in [-0.39, 0.29) is 6.04 Å². The molecule has 1 aromatic rings. The number of rotatable bonds is 5. The quantitative estimate of drug-likeness (QED) is 0.501. The lowest BCUT2D eigenvalue weighted by Gasteiger charge is -2.15. The zero-order valence-corrected chi connectivity index (χ0v) is 8.03. The van der Waals surface area contributed by atoms with Crippen LogP contribution in [0.25, 0.3) is 0 Å². The van der Waals surface area contributed by atoms with Crippen LogP contribution in [0.1, 0.15) is 18.7 Å². The lowest BCUT2D eigenvalue weighted by molar-refractivity contribution is 0.163.